The van der Waals surface area contributed by atoms with Crippen LogP contribution in [0.2, 0.25) is 0 Å². The maximum Gasteiger partial charge on any atom is 0.200 e. The Hall–Kier alpha value is -1.12. The largest absolute Gasteiger partial charge is 0.490 e. The van der Waals surface area contributed by atoms with Crippen molar-refractivity contribution < 1.29 is 13.5 Å². The smallest absolute Gasteiger partial charge is 0.200 e. The van der Waals surface area contributed by atoms with Gasteiger partial charge >= 0.3 is 0 Å². The monoisotopic (exact) mass is 558 g/mol. The van der Waals surface area contributed by atoms with E-state index in [2.05, 4.69) is 13.8 Å². The van der Waals surface area contributed by atoms with Crippen molar-refractivity contribution in [3.05, 3.63) is 29.3 Å². The van der Waals surface area contributed by atoms with Gasteiger partial charge < -0.3 is 4.74 Å². The van der Waals surface area contributed by atoms with Crippen LogP contribution in [-0.2, 0) is 6.42 Å². The highest BCUT2D eigenvalue weighted by Gasteiger charge is 2.31. The van der Waals surface area contributed by atoms with Gasteiger partial charge in [-0.1, -0.05) is 110 Å². The molecule has 0 aromatic heterocycles. The maximum absolute atomic E-state index is 15.0. The van der Waals surface area contributed by atoms with Gasteiger partial charge in [-0.05, 0) is 98.5 Å². The molecule has 0 spiro atoms. The van der Waals surface area contributed by atoms with Gasteiger partial charge in [0.25, 0.3) is 0 Å². The first-order valence-electron chi connectivity index (χ1n) is 17.7. The van der Waals surface area contributed by atoms with Crippen molar-refractivity contribution in [3.8, 4) is 5.75 Å². The summed E-state index contributed by atoms with van der Waals surface area (Å²) in [5.41, 5.74) is 0.529. The van der Waals surface area contributed by atoms with Crippen LogP contribution in [0, 0.1) is 47.1 Å². The summed E-state index contributed by atoms with van der Waals surface area (Å²) < 4.78 is 35.7. The Morgan fingerprint density at radius 2 is 1.05 bits per heavy atom. The molecule has 3 aliphatic carbocycles. The van der Waals surface area contributed by atoms with Gasteiger partial charge in [0.05, 0.1) is 6.61 Å². The molecule has 3 saturated carbocycles. The summed E-state index contributed by atoms with van der Waals surface area (Å²) >= 11 is 0. The topological polar surface area (TPSA) is 9.23 Å². The number of hydrogen-bond acceptors (Lipinski definition) is 1. The van der Waals surface area contributed by atoms with Crippen LogP contribution in [-0.4, -0.2) is 6.61 Å². The molecule has 3 fully saturated rings. The van der Waals surface area contributed by atoms with E-state index in [4.69, 9.17) is 4.74 Å². The van der Waals surface area contributed by atoms with Gasteiger partial charge in [0, 0.05) is 0 Å². The van der Waals surface area contributed by atoms with Crippen LogP contribution in [0.3, 0.4) is 0 Å². The first-order chi connectivity index (χ1) is 19.6. The zero-order valence-electron chi connectivity index (χ0n) is 26.0. The Morgan fingerprint density at radius 3 is 1.57 bits per heavy atom. The van der Waals surface area contributed by atoms with Crippen molar-refractivity contribution in [2.45, 2.75) is 155 Å². The molecular formula is C37H60F2O. The highest BCUT2D eigenvalue weighted by Crippen LogP contribution is 2.43. The van der Waals surface area contributed by atoms with Crippen molar-refractivity contribution in [1.29, 1.82) is 0 Å². The van der Waals surface area contributed by atoms with Gasteiger partial charge in [0.15, 0.2) is 11.6 Å². The molecule has 1 nitrogen and oxygen atoms in total. The number of halogens is 2. The lowest BCUT2D eigenvalue weighted by atomic mass is 9.68. The van der Waals surface area contributed by atoms with Crippen molar-refractivity contribution in [2.24, 2.45) is 35.5 Å². The summed E-state index contributed by atoms with van der Waals surface area (Å²) in [5.74, 6) is 3.49. The normalized spacial score (nSPS) is 29.4. The van der Waals surface area contributed by atoms with Crippen LogP contribution < -0.4 is 4.74 Å². The van der Waals surface area contributed by atoms with Crippen LogP contribution >= 0.6 is 0 Å². The fourth-order valence-corrected chi connectivity index (χ4v) is 8.39. The van der Waals surface area contributed by atoms with Crippen molar-refractivity contribution in [1.82, 2.24) is 0 Å². The van der Waals surface area contributed by atoms with Crippen LogP contribution in [0.4, 0.5) is 8.78 Å². The Balaban J connectivity index is 1.13. The standard InChI is InChI=1S/C37H60F2O/c1-3-5-7-9-28-11-13-31(14-12-28)27-40-35-26-25-34(36(38)37(35)39)24-19-30-17-22-33(23-18-30)32-20-15-29(16-21-32)10-8-6-4-2/h25-26,28-33H,3-24,27H2,1-2H3/t28-,29-,30-,31-,32-,33-. The van der Waals surface area contributed by atoms with E-state index in [0.717, 1.165) is 42.9 Å². The van der Waals surface area contributed by atoms with E-state index >= 15 is 0 Å². The molecule has 0 unspecified atom stereocenters. The number of ether oxygens (including phenoxy) is 1. The molecule has 0 aliphatic heterocycles. The minimum atomic E-state index is -0.778. The molecule has 0 N–H and O–H groups in total. The maximum atomic E-state index is 15.0. The van der Waals surface area contributed by atoms with Crippen molar-refractivity contribution in [3.63, 3.8) is 0 Å². The Bertz CT molecular complexity index is 829. The van der Waals surface area contributed by atoms with Gasteiger partial charge in [-0.15, -0.1) is 0 Å². The molecule has 228 valence electrons. The van der Waals surface area contributed by atoms with Crippen LogP contribution in [0.25, 0.3) is 0 Å². The van der Waals surface area contributed by atoms with Crippen molar-refractivity contribution in [2.75, 3.05) is 6.61 Å². The van der Waals surface area contributed by atoms with Crippen LogP contribution in [0.15, 0.2) is 12.1 Å². The number of hydrogen-bond donors (Lipinski definition) is 0. The van der Waals surface area contributed by atoms with E-state index in [0.29, 0.717) is 30.4 Å². The van der Waals surface area contributed by atoms with E-state index in [1.54, 1.807) is 12.1 Å². The lowest BCUT2D eigenvalue weighted by molar-refractivity contribution is 0.140. The summed E-state index contributed by atoms with van der Waals surface area (Å²) in [6.45, 7) is 5.07. The molecule has 0 radical (unpaired) electrons. The SMILES string of the molecule is CCCCC[C@H]1CC[C@H](COc2ccc(CC[C@H]3CC[C@H]([C@H]4CC[C@H](CCCCC)CC4)CC3)c(F)c2F)CC1. The predicted octanol–water partition coefficient (Wildman–Crippen LogP) is 11.9. The lowest BCUT2D eigenvalue weighted by Crippen LogP contribution is -2.26. The predicted molar refractivity (Wildman–Crippen MR) is 165 cm³/mol. The molecule has 0 atom stereocenters. The lowest BCUT2D eigenvalue weighted by Gasteiger charge is -2.38. The molecule has 1 aromatic rings. The molecule has 0 saturated heterocycles. The molecule has 40 heavy (non-hydrogen) atoms. The van der Waals surface area contributed by atoms with Crippen molar-refractivity contribution >= 4 is 0 Å². The molecule has 0 heterocycles. The summed E-state index contributed by atoms with van der Waals surface area (Å²) in [5, 5.41) is 0. The third kappa shape index (κ3) is 9.72. The van der Waals surface area contributed by atoms with Crippen LogP contribution in [0.1, 0.15) is 154 Å². The highest BCUT2D eigenvalue weighted by atomic mass is 19.2. The van der Waals surface area contributed by atoms with Crippen LogP contribution in [0.5, 0.6) is 5.75 Å². The van der Waals surface area contributed by atoms with Gasteiger partial charge in [-0.2, -0.15) is 4.39 Å². The van der Waals surface area contributed by atoms with Gasteiger partial charge in [0.2, 0.25) is 5.82 Å². The third-order valence-electron chi connectivity index (χ3n) is 11.3. The van der Waals surface area contributed by atoms with Gasteiger partial charge in [-0.3, -0.25) is 0 Å². The third-order valence-corrected chi connectivity index (χ3v) is 11.3. The molecule has 0 bridgehead atoms. The summed E-state index contributed by atoms with van der Waals surface area (Å²) in [7, 11) is 0. The Kier molecular flexibility index (Phi) is 13.6. The van der Waals surface area contributed by atoms with E-state index in [1.165, 1.54) is 116 Å². The second-order valence-corrected chi connectivity index (χ2v) is 14.1. The number of aryl methyl sites for hydroxylation is 1. The van der Waals surface area contributed by atoms with E-state index < -0.39 is 11.6 Å². The Morgan fingerprint density at radius 1 is 0.575 bits per heavy atom. The zero-order valence-corrected chi connectivity index (χ0v) is 26.0. The first-order valence-corrected chi connectivity index (χ1v) is 17.7. The minimum Gasteiger partial charge on any atom is -0.490 e. The fourth-order valence-electron chi connectivity index (χ4n) is 8.39. The van der Waals surface area contributed by atoms with Gasteiger partial charge in [0.1, 0.15) is 0 Å². The highest BCUT2D eigenvalue weighted by molar-refractivity contribution is 5.31. The molecule has 0 amide bonds. The van der Waals surface area contributed by atoms with E-state index in [1.807, 2.05) is 0 Å². The molecule has 3 aliphatic rings. The first kappa shape index (κ1) is 31.8. The molecular weight excluding hydrogens is 498 g/mol. The molecule has 3 heteroatoms. The minimum absolute atomic E-state index is 0.104. The number of rotatable bonds is 15. The Labute approximate surface area is 245 Å². The number of benzene rings is 1. The zero-order chi connectivity index (χ0) is 28.2. The summed E-state index contributed by atoms with van der Waals surface area (Å²) in [6.07, 6.45) is 28.4. The fraction of sp³-hybridized carbons (Fsp3) is 0.838. The van der Waals surface area contributed by atoms with Gasteiger partial charge in [-0.25, -0.2) is 4.39 Å². The second kappa shape index (κ2) is 17.1. The van der Waals surface area contributed by atoms with E-state index in [9.17, 15) is 8.78 Å². The summed E-state index contributed by atoms with van der Waals surface area (Å²) in [4.78, 5) is 0. The quantitative estimate of drug-likeness (QED) is 0.195. The summed E-state index contributed by atoms with van der Waals surface area (Å²) in [6, 6.07) is 3.46. The number of unbranched alkanes of at least 4 members (excludes halogenated alkanes) is 4. The second-order valence-electron chi connectivity index (χ2n) is 14.1. The molecule has 1 aromatic carbocycles. The van der Waals surface area contributed by atoms with E-state index in [-0.39, 0.29) is 5.75 Å². The average Bonchev–Trinajstić information content (AvgIpc) is 2.99. The average molecular weight is 559 g/mol. The molecule has 4 rings (SSSR count).